The highest BCUT2D eigenvalue weighted by atomic mass is 79.9. The van der Waals surface area contributed by atoms with E-state index < -0.39 is 17.0 Å². The first kappa shape index (κ1) is 16.2. The molecule has 3 rings (SSSR count). The van der Waals surface area contributed by atoms with Gasteiger partial charge in [0.2, 0.25) is 0 Å². The molecule has 2 aromatic rings. The fourth-order valence-electron chi connectivity index (χ4n) is 2.06. The minimum absolute atomic E-state index is 0.272. The minimum atomic E-state index is -0.428. The van der Waals surface area contributed by atoms with Gasteiger partial charge in [0, 0.05) is 5.02 Å². The summed E-state index contributed by atoms with van der Waals surface area (Å²) in [6, 6.07) is 10.9. The van der Waals surface area contributed by atoms with Crippen LogP contribution in [0.1, 0.15) is 5.56 Å². The van der Waals surface area contributed by atoms with E-state index in [9.17, 15) is 14.0 Å². The Morgan fingerprint density at radius 1 is 1.17 bits per heavy atom. The zero-order valence-electron chi connectivity index (χ0n) is 11.4. The molecule has 23 heavy (non-hydrogen) atoms. The number of hydrogen-bond acceptors (Lipinski definition) is 3. The van der Waals surface area contributed by atoms with Gasteiger partial charge in [-0.25, -0.2) is 9.29 Å². The van der Waals surface area contributed by atoms with Crippen molar-refractivity contribution in [2.24, 2.45) is 0 Å². The average molecular weight is 413 g/mol. The summed E-state index contributed by atoms with van der Waals surface area (Å²) in [5, 5.41) is 0.0395. The maximum atomic E-state index is 13.3. The molecule has 0 aliphatic carbocycles. The van der Waals surface area contributed by atoms with E-state index in [0.29, 0.717) is 20.7 Å². The zero-order valence-corrected chi connectivity index (χ0v) is 14.6. The molecule has 1 aliphatic heterocycles. The van der Waals surface area contributed by atoms with Gasteiger partial charge in [0.1, 0.15) is 5.82 Å². The minimum Gasteiger partial charge on any atom is -0.268 e. The fourth-order valence-corrected chi connectivity index (χ4v) is 3.48. The van der Waals surface area contributed by atoms with Gasteiger partial charge in [0.25, 0.3) is 11.1 Å². The summed E-state index contributed by atoms with van der Waals surface area (Å²) in [4.78, 5) is 25.9. The SMILES string of the molecule is O=C1S/C(=C\c2ccc(F)c(Br)c2)C(=O)N1c1cccc(Cl)c1. The quantitative estimate of drug-likeness (QED) is 0.613. The smallest absolute Gasteiger partial charge is 0.268 e. The van der Waals surface area contributed by atoms with E-state index in [1.165, 1.54) is 12.1 Å². The Morgan fingerprint density at radius 2 is 1.96 bits per heavy atom. The Morgan fingerprint density at radius 3 is 2.65 bits per heavy atom. The first-order valence-corrected chi connectivity index (χ1v) is 8.43. The zero-order chi connectivity index (χ0) is 16.6. The number of anilines is 1. The van der Waals surface area contributed by atoms with Gasteiger partial charge in [-0.2, -0.15) is 0 Å². The van der Waals surface area contributed by atoms with Crippen molar-refractivity contribution in [2.75, 3.05) is 4.90 Å². The van der Waals surface area contributed by atoms with Crippen molar-refractivity contribution in [3.05, 3.63) is 68.2 Å². The lowest BCUT2D eigenvalue weighted by atomic mass is 10.2. The van der Waals surface area contributed by atoms with Crippen LogP contribution in [-0.4, -0.2) is 11.1 Å². The molecule has 0 bridgehead atoms. The molecule has 0 aromatic heterocycles. The number of rotatable bonds is 2. The Balaban J connectivity index is 1.94. The standard InChI is InChI=1S/C16H8BrClFNO2S/c17-12-6-9(4-5-13(12)19)7-14-15(21)20(16(22)23-14)11-3-1-2-10(18)8-11/h1-8H/b14-7-. The predicted octanol–water partition coefficient (Wildman–Crippen LogP) is 5.48. The highest BCUT2D eigenvalue weighted by Crippen LogP contribution is 2.36. The summed E-state index contributed by atoms with van der Waals surface area (Å²) in [6.07, 6.45) is 1.56. The van der Waals surface area contributed by atoms with Gasteiger partial charge in [-0.3, -0.25) is 9.59 Å². The van der Waals surface area contributed by atoms with Crippen LogP contribution in [0.15, 0.2) is 51.8 Å². The lowest BCUT2D eigenvalue weighted by molar-refractivity contribution is -0.113. The largest absolute Gasteiger partial charge is 0.298 e. The van der Waals surface area contributed by atoms with Gasteiger partial charge in [0.15, 0.2) is 0 Å². The molecule has 1 heterocycles. The normalized spacial score (nSPS) is 16.5. The molecule has 2 aromatic carbocycles. The topological polar surface area (TPSA) is 37.4 Å². The number of halogens is 3. The van der Waals surface area contributed by atoms with Crippen molar-refractivity contribution >= 4 is 62.2 Å². The molecule has 1 aliphatic rings. The summed E-state index contributed by atoms with van der Waals surface area (Å²) in [6.45, 7) is 0. The van der Waals surface area contributed by atoms with Gasteiger partial charge in [-0.15, -0.1) is 0 Å². The van der Waals surface area contributed by atoms with Crippen LogP contribution >= 0.6 is 39.3 Å². The number of benzene rings is 2. The van der Waals surface area contributed by atoms with Crippen LogP contribution in [-0.2, 0) is 4.79 Å². The van der Waals surface area contributed by atoms with Crippen molar-refractivity contribution in [1.82, 2.24) is 0 Å². The number of thioether (sulfide) groups is 1. The van der Waals surface area contributed by atoms with Crippen LogP contribution in [0.2, 0.25) is 5.02 Å². The Labute approximate surface area is 149 Å². The van der Waals surface area contributed by atoms with Crippen LogP contribution in [0.4, 0.5) is 14.9 Å². The van der Waals surface area contributed by atoms with E-state index in [0.717, 1.165) is 16.7 Å². The fraction of sp³-hybridized carbons (Fsp3) is 0. The molecular formula is C16H8BrClFNO2S. The highest BCUT2D eigenvalue weighted by molar-refractivity contribution is 9.10. The van der Waals surface area contributed by atoms with Crippen LogP contribution in [0.3, 0.4) is 0 Å². The Bertz CT molecular complexity index is 856. The summed E-state index contributed by atoms with van der Waals surface area (Å²) in [5.74, 6) is -0.822. The molecule has 0 radical (unpaired) electrons. The number of carbonyl (C=O) groups is 2. The maximum Gasteiger partial charge on any atom is 0.298 e. The predicted molar refractivity (Wildman–Crippen MR) is 94.0 cm³/mol. The second-order valence-corrected chi connectivity index (χ2v) is 6.95. The molecule has 116 valence electrons. The van der Waals surface area contributed by atoms with Gasteiger partial charge in [0.05, 0.1) is 15.1 Å². The monoisotopic (exact) mass is 411 g/mol. The average Bonchev–Trinajstić information content (AvgIpc) is 2.77. The Kier molecular flexibility index (Phi) is 4.57. The third kappa shape index (κ3) is 3.34. The van der Waals surface area contributed by atoms with Crippen molar-refractivity contribution in [1.29, 1.82) is 0 Å². The van der Waals surface area contributed by atoms with Crippen LogP contribution in [0, 0.1) is 5.82 Å². The third-order valence-corrected chi connectivity index (χ3v) is 4.81. The van der Waals surface area contributed by atoms with E-state index in [2.05, 4.69) is 15.9 Å². The summed E-state index contributed by atoms with van der Waals surface area (Å²) < 4.78 is 13.5. The van der Waals surface area contributed by atoms with E-state index in [4.69, 9.17) is 11.6 Å². The van der Waals surface area contributed by atoms with Crippen molar-refractivity contribution < 1.29 is 14.0 Å². The maximum absolute atomic E-state index is 13.3. The Hall–Kier alpha value is -1.63. The number of hydrogen-bond donors (Lipinski definition) is 0. The second kappa shape index (κ2) is 6.47. The number of carbonyl (C=O) groups excluding carboxylic acids is 2. The lowest BCUT2D eigenvalue weighted by Gasteiger charge is -2.12. The van der Waals surface area contributed by atoms with Crippen molar-refractivity contribution in [3.8, 4) is 0 Å². The molecule has 1 saturated heterocycles. The molecular weight excluding hydrogens is 405 g/mol. The second-order valence-electron chi connectivity index (χ2n) is 4.67. The van der Waals surface area contributed by atoms with Gasteiger partial charge in [-0.05, 0) is 69.7 Å². The molecule has 3 nitrogen and oxygen atoms in total. The third-order valence-electron chi connectivity index (χ3n) is 3.10. The van der Waals surface area contributed by atoms with Gasteiger partial charge in [-0.1, -0.05) is 23.7 Å². The van der Waals surface area contributed by atoms with Crippen LogP contribution in [0.25, 0.3) is 6.08 Å². The van der Waals surface area contributed by atoms with Crippen molar-refractivity contribution in [3.63, 3.8) is 0 Å². The first-order chi connectivity index (χ1) is 11.0. The molecule has 0 unspecified atom stereocenters. The molecule has 1 fully saturated rings. The first-order valence-electron chi connectivity index (χ1n) is 6.44. The molecule has 0 spiro atoms. The van der Waals surface area contributed by atoms with Crippen LogP contribution in [0.5, 0.6) is 0 Å². The lowest BCUT2D eigenvalue weighted by Crippen LogP contribution is -2.27. The number of nitrogens with zero attached hydrogens (tertiary/aromatic N) is 1. The molecule has 0 atom stereocenters. The van der Waals surface area contributed by atoms with Crippen LogP contribution < -0.4 is 4.90 Å². The van der Waals surface area contributed by atoms with E-state index >= 15 is 0 Å². The van der Waals surface area contributed by atoms with E-state index in [1.54, 1.807) is 36.4 Å². The van der Waals surface area contributed by atoms with E-state index in [-0.39, 0.29) is 4.91 Å². The number of amides is 2. The molecule has 7 heteroatoms. The molecule has 0 N–H and O–H groups in total. The molecule has 0 saturated carbocycles. The summed E-state index contributed by atoms with van der Waals surface area (Å²) >= 11 is 9.83. The highest BCUT2D eigenvalue weighted by Gasteiger charge is 2.36. The summed E-state index contributed by atoms with van der Waals surface area (Å²) in [7, 11) is 0. The summed E-state index contributed by atoms with van der Waals surface area (Å²) in [5.41, 5.74) is 1.04. The van der Waals surface area contributed by atoms with Crippen molar-refractivity contribution in [2.45, 2.75) is 0 Å². The van der Waals surface area contributed by atoms with E-state index in [1.807, 2.05) is 0 Å². The van der Waals surface area contributed by atoms with Gasteiger partial charge >= 0.3 is 0 Å². The number of imide groups is 1. The molecule has 2 amide bonds. The van der Waals surface area contributed by atoms with Gasteiger partial charge < -0.3 is 0 Å².